The van der Waals surface area contributed by atoms with Crippen molar-refractivity contribution >= 4 is 5.78 Å². The van der Waals surface area contributed by atoms with E-state index in [1.54, 1.807) is 0 Å². The van der Waals surface area contributed by atoms with E-state index in [2.05, 4.69) is 0 Å². The van der Waals surface area contributed by atoms with Crippen molar-refractivity contribution in [3.8, 4) is 0 Å². The molecule has 0 saturated heterocycles. The summed E-state index contributed by atoms with van der Waals surface area (Å²) in [5.41, 5.74) is 2.80. The molecule has 2 aliphatic carbocycles. The van der Waals surface area contributed by atoms with Gasteiger partial charge in [-0.1, -0.05) is 74.9 Å². The van der Waals surface area contributed by atoms with E-state index >= 15 is 0 Å². The van der Waals surface area contributed by atoms with Crippen LogP contribution in [0.5, 0.6) is 0 Å². The third kappa shape index (κ3) is 3.74. The van der Waals surface area contributed by atoms with Gasteiger partial charge in [0.15, 0.2) is 5.78 Å². The van der Waals surface area contributed by atoms with Crippen LogP contribution in [0.25, 0.3) is 0 Å². The largest absolute Gasteiger partial charge is 0.385 e. The average Bonchev–Trinajstić information content (AvgIpc) is 2.73. The molecule has 0 aliphatic heterocycles. The number of ketones is 1. The SMILES string of the molecule is Cc1cccc(C(=O)c2cccc(C)c2C2(O)CCCCC2)c1C1(O)CCCCC1. The molecule has 0 aromatic heterocycles. The zero-order valence-electron chi connectivity index (χ0n) is 18.3. The summed E-state index contributed by atoms with van der Waals surface area (Å²) in [6.07, 6.45) is 8.97. The first-order valence-corrected chi connectivity index (χ1v) is 11.6. The normalized spacial score (nSPS) is 20.7. The maximum atomic E-state index is 13.9. The zero-order chi connectivity index (χ0) is 21.4. The van der Waals surface area contributed by atoms with Crippen LogP contribution >= 0.6 is 0 Å². The molecule has 0 amide bonds. The predicted molar refractivity (Wildman–Crippen MR) is 120 cm³/mol. The number of aryl methyl sites for hydroxylation is 2. The minimum atomic E-state index is -0.944. The lowest BCUT2D eigenvalue weighted by Gasteiger charge is -2.36. The van der Waals surface area contributed by atoms with Gasteiger partial charge in [0.2, 0.25) is 0 Å². The summed E-state index contributed by atoms with van der Waals surface area (Å²) in [5, 5.41) is 23.0. The number of aliphatic hydroxyl groups is 2. The summed E-state index contributed by atoms with van der Waals surface area (Å²) in [4.78, 5) is 13.9. The molecule has 2 fully saturated rings. The van der Waals surface area contributed by atoms with Gasteiger partial charge in [0.25, 0.3) is 0 Å². The van der Waals surface area contributed by atoms with Crippen LogP contribution in [0, 0.1) is 13.8 Å². The van der Waals surface area contributed by atoms with Gasteiger partial charge in [0.05, 0.1) is 11.2 Å². The van der Waals surface area contributed by atoms with Gasteiger partial charge in [-0.3, -0.25) is 4.79 Å². The standard InChI is InChI=1S/C27H34O3/c1-19-11-9-13-21(23(19)26(29)15-5-3-6-16-26)25(28)22-14-10-12-20(2)24(22)27(30)17-7-4-8-18-27/h9-14,29-30H,3-8,15-18H2,1-2H3. The van der Waals surface area contributed by atoms with E-state index in [0.29, 0.717) is 36.8 Å². The fourth-order valence-corrected chi connectivity index (χ4v) is 5.87. The molecule has 0 spiro atoms. The summed E-state index contributed by atoms with van der Waals surface area (Å²) < 4.78 is 0. The van der Waals surface area contributed by atoms with Crippen molar-refractivity contribution in [3.05, 3.63) is 69.8 Å². The van der Waals surface area contributed by atoms with Gasteiger partial charge in [0, 0.05) is 11.1 Å². The van der Waals surface area contributed by atoms with E-state index in [1.807, 2.05) is 50.2 Å². The van der Waals surface area contributed by atoms with E-state index in [-0.39, 0.29) is 5.78 Å². The monoisotopic (exact) mass is 406 g/mol. The van der Waals surface area contributed by atoms with Crippen molar-refractivity contribution in [3.63, 3.8) is 0 Å². The van der Waals surface area contributed by atoms with Gasteiger partial charge < -0.3 is 10.2 Å². The Morgan fingerprint density at radius 2 is 1.03 bits per heavy atom. The third-order valence-electron chi connectivity index (χ3n) is 7.33. The van der Waals surface area contributed by atoms with E-state index in [0.717, 1.165) is 60.8 Å². The lowest BCUT2D eigenvalue weighted by molar-refractivity contribution is -0.00242. The number of benzene rings is 2. The molecule has 30 heavy (non-hydrogen) atoms. The molecule has 2 aromatic rings. The molecule has 160 valence electrons. The molecule has 0 bridgehead atoms. The topological polar surface area (TPSA) is 57.5 Å². The van der Waals surface area contributed by atoms with Gasteiger partial charge in [-0.25, -0.2) is 0 Å². The number of rotatable bonds is 4. The molecule has 2 aromatic carbocycles. The highest BCUT2D eigenvalue weighted by atomic mass is 16.3. The first kappa shape index (κ1) is 21.3. The summed E-state index contributed by atoms with van der Waals surface area (Å²) in [5.74, 6) is -0.0783. The molecule has 0 atom stereocenters. The van der Waals surface area contributed by atoms with Crippen molar-refractivity contribution in [1.82, 2.24) is 0 Å². The van der Waals surface area contributed by atoms with Crippen molar-refractivity contribution < 1.29 is 15.0 Å². The van der Waals surface area contributed by atoms with Crippen LogP contribution in [0.15, 0.2) is 36.4 Å². The first-order valence-electron chi connectivity index (χ1n) is 11.6. The molecule has 2 aliphatic rings. The van der Waals surface area contributed by atoms with Crippen molar-refractivity contribution in [2.24, 2.45) is 0 Å². The summed E-state index contributed by atoms with van der Waals surface area (Å²) in [7, 11) is 0. The Balaban J connectivity index is 1.84. The zero-order valence-corrected chi connectivity index (χ0v) is 18.3. The fourth-order valence-electron chi connectivity index (χ4n) is 5.87. The molecule has 0 radical (unpaired) electrons. The second kappa shape index (κ2) is 8.28. The Kier molecular flexibility index (Phi) is 5.87. The third-order valence-corrected chi connectivity index (χ3v) is 7.33. The van der Waals surface area contributed by atoms with Crippen LogP contribution in [0.3, 0.4) is 0 Å². The molecule has 3 heteroatoms. The van der Waals surface area contributed by atoms with Gasteiger partial charge in [0.1, 0.15) is 0 Å². The van der Waals surface area contributed by atoms with Crippen molar-refractivity contribution in [2.45, 2.75) is 89.3 Å². The lowest BCUT2D eigenvalue weighted by Crippen LogP contribution is -2.33. The van der Waals surface area contributed by atoms with Crippen LogP contribution in [0.2, 0.25) is 0 Å². The Morgan fingerprint density at radius 1 is 0.667 bits per heavy atom. The minimum absolute atomic E-state index is 0.0783. The molecular weight excluding hydrogens is 372 g/mol. The molecular formula is C27H34O3. The van der Waals surface area contributed by atoms with Crippen LogP contribution in [-0.2, 0) is 11.2 Å². The molecule has 3 nitrogen and oxygen atoms in total. The molecule has 0 unspecified atom stereocenters. The smallest absolute Gasteiger partial charge is 0.193 e. The fraction of sp³-hybridized carbons (Fsp3) is 0.519. The average molecular weight is 407 g/mol. The highest BCUT2D eigenvalue weighted by Gasteiger charge is 2.39. The van der Waals surface area contributed by atoms with E-state index in [4.69, 9.17) is 0 Å². The van der Waals surface area contributed by atoms with Gasteiger partial charge in [-0.05, 0) is 61.8 Å². The molecule has 2 N–H and O–H groups in total. The maximum Gasteiger partial charge on any atom is 0.193 e. The minimum Gasteiger partial charge on any atom is -0.385 e. The Hall–Kier alpha value is -1.97. The van der Waals surface area contributed by atoms with Crippen LogP contribution < -0.4 is 0 Å². The number of hydrogen-bond acceptors (Lipinski definition) is 3. The summed E-state index contributed by atoms with van der Waals surface area (Å²) in [6, 6.07) is 11.5. The maximum absolute atomic E-state index is 13.9. The van der Waals surface area contributed by atoms with E-state index in [9.17, 15) is 15.0 Å². The van der Waals surface area contributed by atoms with Crippen LogP contribution in [0.4, 0.5) is 0 Å². The van der Waals surface area contributed by atoms with Crippen molar-refractivity contribution in [1.29, 1.82) is 0 Å². The number of carbonyl (C=O) groups is 1. The van der Waals surface area contributed by atoms with Gasteiger partial charge in [-0.15, -0.1) is 0 Å². The number of carbonyl (C=O) groups excluding carboxylic acids is 1. The van der Waals surface area contributed by atoms with Crippen LogP contribution in [0.1, 0.15) is 102 Å². The molecule has 2 saturated carbocycles. The Morgan fingerprint density at radius 3 is 1.40 bits per heavy atom. The highest BCUT2D eigenvalue weighted by molar-refractivity contribution is 6.11. The molecule has 0 heterocycles. The second-order valence-electron chi connectivity index (χ2n) is 9.51. The summed E-state index contributed by atoms with van der Waals surface area (Å²) in [6.45, 7) is 3.98. The quantitative estimate of drug-likeness (QED) is 0.627. The highest BCUT2D eigenvalue weighted by Crippen LogP contribution is 2.43. The van der Waals surface area contributed by atoms with E-state index < -0.39 is 11.2 Å². The molecule has 4 rings (SSSR count). The van der Waals surface area contributed by atoms with Crippen LogP contribution in [-0.4, -0.2) is 16.0 Å². The lowest BCUT2D eigenvalue weighted by atomic mass is 9.73. The number of hydrogen-bond donors (Lipinski definition) is 2. The Bertz CT molecular complexity index is 856. The van der Waals surface area contributed by atoms with Gasteiger partial charge in [-0.2, -0.15) is 0 Å². The Labute approximate surface area is 180 Å². The van der Waals surface area contributed by atoms with E-state index in [1.165, 1.54) is 0 Å². The van der Waals surface area contributed by atoms with Gasteiger partial charge >= 0.3 is 0 Å². The second-order valence-corrected chi connectivity index (χ2v) is 9.51. The summed E-state index contributed by atoms with van der Waals surface area (Å²) >= 11 is 0. The first-order chi connectivity index (χ1) is 14.4. The predicted octanol–water partition coefficient (Wildman–Crippen LogP) is 5.84. The van der Waals surface area contributed by atoms with Crippen molar-refractivity contribution in [2.75, 3.05) is 0 Å².